The fraction of sp³-hybridized carbons (Fsp3) is 0.867. The summed E-state index contributed by atoms with van der Waals surface area (Å²) in [5, 5.41) is 2.95. The third kappa shape index (κ3) is 2.15. The normalized spacial score (nSPS) is 29.9. The molecule has 2 saturated carbocycles. The van der Waals surface area contributed by atoms with Gasteiger partial charge in [0.15, 0.2) is 0 Å². The number of carbonyl (C=O) groups is 2. The Bertz CT molecular complexity index is 384. The third-order valence-corrected chi connectivity index (χ3v) is 5.11. The van der Waals surface area contributed by atoms with Crippen LogP contribution >= 0.6 is 0 Å². The number of hydrogen-bond donors (Lipinski definition) is 1. The molecular weight excluding hydrogens is 240 g/mol. The van der Waals surface area contributed by atoms with Crippen molar-refractivity contribution in [1.29, 1.82) is 0 Å². The van der Waals surface area contributed by atoms with Crippen LogP contribution in [0.25, 0.3) is 0 Å². The van der Waals surface area contributed by atoms with Crippen molar-refractivity contribution in [2.45, 2.75) is 69.9 Å². The molecule has 106 valence electrons. The van der Waals surface area contributed by atoms with Crippen molar-refractivity contribution in [3.8, 4) is 0 Å². The van der Waals surface area contributed by atoms with E-state index in [9.17, 15) is 9.59 Å². The van der Waals surface area contributed by atoms with E-state index in [1.54, 1.807) is 0 Å². The average Bonchev–Trinajstić information content (AvgIpc) is 3.10. The summed E-state index contributed by atoms with van der Waals surface area (Å²) in [7, 11) is 0. The zero-order valence-corrected chi connectivity index (χ0v) is 11.8. The highest BCUT2D eigenvalue weighted by atomic mass is 16.2. The molecule has 2 aliphatic carbocycles. The molecule has 3 fully saturated rings. The van der Waals surface area contributed by atoms with Crippen LogP contribution in [-0.4, -0.2) is 34.8 Å². The largest absolute Gasteiger partial charge is 0.342 e. The van der Waals surface area contributed by atoms with E-state index in [4.69, 9.17) is 0 Å². The van der Waals surface area contributed by atoms with Crippen LogP contribution in [0.5, 0.6) is 0 Å². The molecule has 1 N–H and O–H groups in total. The lowest BCUT2D eigenvalue weighted by molar-refractivity contribution is -0.157. The van der Waals surface area contributed by atoms with Crippen LogP contribution in [0.2, 0.25) is 0 Å². The summed E-state index contributed by atoms with van der Waals surface area (Å²) >= 11 is 0. The molecule has 0 bridgehead atoms. The third-order valence-electron chi connectivity index (χ3n) is 5.11. The Morgan fingerprint density at radius 3 is 2.53 bits per heavy atom. The molecule has 1 unspecified atom stereocenters. The molecule has 1 heterocycles. The van der Waals surface area contributed by atoms with E-state index >= 15 is 0 Å². The zero-order valence-electron chi connectivity index (χ0n) is 11.8. The summed E-state index contributed by atoms with van der Waals surface area (Å²) in [4.78, 5) is 27.1. The first-order chi connectivity index (χ1) is 9.17. The standard InChI is InChI=1S/C15H24N2O2/c1-2-12-13(18)17(10-7-11-5-6-11)15(14(19)16-12)8-3-4-9-15/h11-12H,2-10H2,1H3,(H,16,19). The smallest absolute Gasteiger partial charge is 0.246 e. The fourth-order valence-electron chi connectivity index (χ4n) is 3.65. The number of rotatable bonds is 4. The van der Waals surface area contributed by atoms with Crippen molar-refractivity contribution in [2.75, 3.05) is 6.54 Å². The number of nitrogens with zero attached hydrogens (tertiary/aromatic N) is 1. The van der Waals surface area contributed by atoms with Gasteiger partial charge in [-0.3, -0.25) is 9.59 Å². The Morgan fingerprint density at radius 1 is 1.26 bits per heavy atom. The molecule has 3 aliphatic rings. The number of carbonyl (C=O) groups excluding carboxylic acids is 2. The lowest BCUT2D eigenvalue weighted by atomic mass is 9.88. The van der Waals surface area contributed by atoms with Gasteiger partial charge in [-0.05, 0) is 31.6 Å². The Labute approximate surface area is 114 Å². The minimum atomic E-state index is -0.502. The Kier molecular flexibility index (Phi) is 3.27. The first-order valence-corrected chi connectivity index (χ1v) is 7.80. The van der Waals surface area contributed by atoms with Crippen LogP contribution in [0, 0.1) is 5.92 Å². The van der Waals surface area contributed by atoms with Gasteiger partial charge in [-0.25, -0.2) is 0 Å². The van der Waals surface area contributed by atoms with Gasteiger partial charge in [0.25, 0.3) is 0 Å². The molecule has 3 rings (SSSR count). The topological polar surface area (TPSA) is 49.4 Å². The van der Waals surface area contributed by atoms with Crippen molar-refractivity contribution in [1.82, 2.24) is 10.2 Å². The molecule has 0 aromatic carbocycles. The Morgan fingerprint density at radius 2 is 1.95 bits per heavy atom. The van der Waals surface area contributed by atoms with Gasteiger partial charge >= 0.3 is 0 Å². The predicted molar refractivity (Wildman–Crippen MR) is 72.5 cm³/mol. The van der Waals surface area contributed by atoms with Crippen LogP contribution in [0.1, 0.15) is 58.3 Å². The zero-order chi connectivity index (χ0) is 13.5. The van der Waals surface area contributed by atoms with Crippen LogP contribution in [0.4, 0.5) is 0 Å². The van der Waals surface area contributed by atoms with E-state index in [-0.39, 0.29) is 17.9 Å². The number of amides is 2. The molecule has 4 heteroatoms. The van der Waals surface area contributed by atoms with E-state index in [0.29, 0.717) is 6.42 Å². The second kappa shape index (κ2) is 4.80. The van der Waals surface area contributed by atoms with E-state index in [0.717, 1.165) is 44.6 Å². The lowest BCUT2D eigenvalue weighted by Crippen LogP contribution is -2.69. The summed E-state index contributed by atoms with van der Waals surface area (Å²) in [6, 6.07) is -0.294. The minimum absolute atomic E-state index is 0.104. The number of nitrogens with one attached hydrogen (secondary N) is 1. The van der Waals surface area contributed by atoms with Gasteiger partial charge in [0.2, 0.25) is 11.8 Å². The van der Waals surface area contributed by atoms with Gasteiger partial charge in [0.05, 0.1) is 0 Å². The molecule has 1 atom stereocenters. The highest BCUT2D eigenvalue weighted by molar-refractivity contribution is 6.00. The monoisotopic (exact) mass is 264 g/mol. The van der Waals surface area contributed by atoms with E-state index in [1.165, 1.54) is 12.8 Å². The first-order valence-electron chi connectivity index (χ1n) is 7.80. The van der Waals surface area contributed by atoms with Crippen LogP contribution in [0.15, 0.2) is 0 Å². The van der Waals surface area contributed by atoms with E-state index in [2.05, 4.69) is 5.32 Å². The quantitative estimate of drug-likeness (QED) is 0.842. The highest BCUT2D eigenvalue weighted by Gasteiger charge is 2.53. The molecule has 0 aromatic heterocycles. The average molecular weight is 264 g/mol. The lowest BCUT2D eigenvalue weighted by Gasteiger charge is -2.46. The van der Waals surface area contributed by atoms with E-state index < -0.39 is 5.54 Å². The fourth-order valence-corrected chi connectivity index (χ4v) is 3.65. The first kappa shape index (κ1) is 12.9. The summed E-state index contributed by atoms with van der Waals surface area (Å²) in [6.45, 7) is 2.75. The minimum Gasteiger partial charge on any atom is -0.342 e. The molecule has 19 heavy (non-hydrogen) atoms. The molecule has 0 radical (unpaired) electrons. The summed E-state index contributed by atoms with van der Waals surface area (Å²) in [5.74, 6) is 1.06. The Hall–Kier alpha value is -1.06. The van der Waals surface area contributed by atoms with Gasteiger partial charge < -0.3 is 10.2 Å². The van der Waals surface area contributed by atoms with Crippen molar-refractivity contribution in [3.05, 3.63) is 0 Å². The van der Waals surface area contributed by atoms with Crippen LogP contribution < -0.4 is 5.32 Å². The Balaban J connectivity index is 1.81. The second-order valence-electron chi connectivity index (χ2n) is 6.39. The maximum atomic E-state index is 12.6. The number of hydrogen-bond acceptors (Lipinski definition) is 2. The highest BCUT2D eigenvalue weighted by Crippen LogP contribution is 2.40. The van der Waals surface area contributed by atoms with Gasteiger partial charge in [0, 0.05) is 6.54 Å². The summed E-state index contributed by atoms with van der Waals surface area (Å²) in [6.07, 6.45) is 8.22. The van der Waals surface area contributed by atoms with Crippen LogP contribution in [0.3, 0.4) is 0 Å². The van der Waals surface area contributed by atoms with Crippen LogP contribution in [-0.2, 0) is 9.59 Å². The maximum Gasteiger partial charge on any atom is 0.246 e. The molecule has 2 amide bonds. The predicted octanol–water partition coefficient (Wildman–Crippen LogP) is 1.84. The van der Waals surface area contributed by atoms with Gasteiger partial charge in [-0.2, -0.15) is 0 Å². The summed E-state index contributed by atoms with van der Waals surface area (Å²) < 4.78 is 0. The molecule has 1 aliphatic heterocycles. The van der Waals surface area contributed by atoms with Gasteiger partial charge in [-0.1, -0.05) is 32.6 Å². The molecular formula is C15H24N2O2. The van der Waals surface area contributed by atoms with Gasteiger partial charge in [-0.15, -0.1) is 0 Å². The van der Waals surface area contributed by atoms with Crippen molar-refractivity contribution < 1.29 is 9.59 Å². The van der Waals surface area contributed by atoms with Crippen molar-refractivity contribution >= 4 is 11.8 Å². The molecule has 1 saturated heterocycles. The van der Waals surface area contributed by atoms with Crippen molar-refractivity contribution in [3.63, 3.8) is 0 Å². The summed E-state index contributed by atoms with van der Waals surface area (Å²) in [5.41, 5.74) is -0.502. The molecule has 0 aromatic rings. The SMILES string of the molecule is CCC1NC(=O)C2(CCCC2)N(CCC2CC2)C1=O. The number of piperazine rings is 1. The van der Waals surface area contributed by atoms with Crippen molar-refractivity contribution in [2.24, 2.45) is 5.92 Å². The molecule has 4 nitrogen and oxygen atoms in total. The van der Waals surface area contributed by atoms with Gasteiger partial charge in [0.1, 0.15) is 11.6 Å². The second-order valence-corrected chi connectivity index (χ2v) is 6.39. The van der Waals surface area contributed by atoms with E-state index in [1.807, 2.05) is 11.8 Å². The molecule has 1 spiro atoms. The maximum absolute atomic E-state index is 12.6.